The Balaban J connectivity index is 1.47. The first-order chi connectivity index (χ1) is 13.8. The maximum atomic E-state index is 13.0. The SMILES string of the molecule is CC(=O)NC1CCN(C[C@]2(O)CCCN(C(=O)Cc3ccc(F)cc3)CC2)CC1. The molecule has 0 aromatic heterocycles. The van der Waals surface area contributed by atoms with Crippen LogP contribution in [0.2, 0.25) is 0 Å². The van der Waals surface area contributed by atoms with Gasteiger partial charge in [-0.25, -0.2) is 4.39 Å². The molecule has 2 saturated heterocycles. The molecule has 0 unspecified atom stereocenters. The van der Waals surface area contributed by atoms with Crippen molar-refractivity contribution in [2.75, 3.05) is 32.7 Å². The lowest BCUT2D eigenvalue weighted by Gasteiger charge is -2.38. The van der Waals surface area contributed by atoms with Crippen molar-refractivity contribution in [3.63, 3.8) is 0 Å². The van der Waals surface area contributed by atoms with E-state index in [9.17, 15) is 19.1 Å². The Labute approximate surface area is 172 Å². The molecule has 6 nitrogen and oxygen atoms in total. The van der Waals surface area contributed by atoms with E-state index in [2.05, 4.69) is 10.2 Å². The highest BCUT2D eigenvalue weighted by Crippen LogP contribution is 2.25. The van der Waals surface area contributed by atoms with Crippen molar-refractivity contribution in [3.05, 3.63) is 35.6 Å². The monoisotopic (exact) mass is 405 g/mol. The molecule has 0 saturated carbocycles. The highest BCUT2D eigenvalue weighted by Gasteiger charge is 2.34. The van der Waals surface area contributed by atoms with Gasteiger partial charge in [0, 0.05) is 45.7 Å². The van der Waals surface area contributed by atoms with E-state index in [1.54, 1.807) is 19.1 Å². The van der Waals surface area contributed by atoms with Crippen molar-refractivity contribution in [2.24, 2.45) is 0 Å². The summed E-state index contributed by atoms with van der Waals surface area (Å²) in [5.74, 6) is -0.268. The topological polar surface area (TPSA) is 72.9 Å². The number of carbonyl (C=O) groups is 2. The molecule has 0 radical (unpaired) electrons. The minimum atomic E-state index is -0.786. The Morgan fingerprint density at radius 2 is 1.83 bits per heavy atom. The Morgan fingerprint density at radius 3 is 2.48 bits per heavy atom. The van der Waals surface area contributed by atoms with E-state index >= 15 is 0 Å². The lowest BCUT2D eigenvalue weighted by molar-refractivity contribution is -0.130. The molecule has 7 heteroatoms. The summed E-state index contributed by atoms with van der Waals surface area (Å²) in [5, 5.41) is 14.1. The second-order valence-corrected chi connectivity index (χ2v) is 8.51. The third-order valence-corrected chi connectivity index (χ3v) is 6.05. The van der Waals surface area contributed by atoms with E-state index in [4.69, 9.17) is 0 Å². The molecule has 3 rings (SSSR count). The first-order valence-corrected chi connectivity index (χ1v) is 10.6. The summed E-state index contributed by atoms with van der Waals surface area (Å²) in [6, 6.07) is 6.27. The van der Waals surface area contributed by atoms with Gasteiger partial charge in [-0.2, -0.15) is 0 Å². The van der Waals surface area contributed by atoms with Gasteiger partial charge in [0.1, 0.15) is 5.82 Å². The van der Waals surface area contributed by atoms with E-state index in [0.29, 0.717) is 32.5 Å². The number of hydrogen-bond acceptors (Lipinski definition) is 4. The third-order valence-electron chi connectivity index (χ3n) is 6.05. The molecule has 0 spiro atoms. The van der Waals surface area contributed by atoms with Crippen molar-refractivity contribution < 1.29 is 19.1 Å². The maximum absolute atomic E-state index is 13.0. The lowest BCUT2D eigenvalue weighted by Crippen LogP contribution is -2.50. The van der Waals surface area contributed by atoms with Gasteiger partial charge in [0.2, 0.25) is 11.8 Å². The number of halogens is 1. The molecule has 1 aromatic rings. The summed E-state index contributed by atoms with van der Waals surface area (Å²) in [5.41, 5.74) is 0.0177. The predicted octanol–water partition coefficient (Wildman–Crippen LogP) is 1.71. The number of aliphatic hydroxyl groups is 1. The fourth-order valence-electron chi connectivity index (χ4n) is 4.41. The van der Waals surface area contributed by atoms with Crippen LogP contribution in [0.4, 0.5) is 4.39 Å². The van der Waals surface area contributed by atoms with Gasteiger partial charge in [-0.05, 0) is 49.8 Å². The number of nitrogens with zero attached hydrogens (tertiary/aromatic N) is 2. The molecule has 1 aromatic carbocycles. The van der Waals surface area contributed by atoms with E-state index in [1.165, 1.54) is 12.1 Å². The molecule has 2 fully saturated rings. The number of amides is 2. The average molecular weight is 406 g/mol. The van der Waals surface area contributed by atoms with Gasteiger partial charge < -0.3 is 20.2 Å². The minimum Gasteiger partial charge on any atom is -0.388 e. The number of carbonyl (C=O) groups excluding carboxylic acids is 2. The van der Waals surface area contributed by atoms with Crippen LogP contribution in [-0.4, -0.2) is 71.1 Å². The average Bonchev–Trinajstić information content (AvgIpc) is 2.87. The number of piperidine rings is 1. The Morgan fingerprint density at radius 1 is 1.14 bits per heavy atom. The third kappa shape index (κ3) is 6.51. The first-order valence-electron chi connectivity index (χ1n) is 10.6. The van der Waals surface area contributed by atoms with Crippen LogP contribution in [-0.2, 0) is 16.0 Å². The molecule has 2 heterocycles. The lowest BCUT2D eigenvalue weighted by atomic mass is 9.93. The zero-order chi connectivity index (χ0) is 20.9. The zero-order valence-corrected chi connectivity index (χ0v) is 17.2. The van der Waals surface area contributed by atoms with E-state index in [-0.39, 0.29) is 30.1 Å². The predicted molar refractivity (Wildman–Crippen MR) is 109 cm³/mol. The first kappa shape index (κ1) is 21.7. The van der Waals surface area contributed by atoms with Crippen LogP contribution in [0.15, 0.2) is 24.3 Å². The molecular weight excluding hydrogens is 373 g/mol. The summed E-state index contributed by atoms with van der Waals surface area (Å²) in [7, 11) is 0. The highest BCUT2D eigenvalue weighted by molar-refractivity contribution is 5.78. The summed E-state index contributed by atoms with van der Waals surface area (Å²) < 4.78 is 13.0. The van der Waals surface area contributed by atoms with Crippen LogP contribution in [0.25, 0.3) is 0 Å². The molecule has 0 bridgehead atoms. The molecule has 160 valence electrons. The number of likely N-dealkylation sites (tertiary alicyclic amines) is 2. The van der Waals surface area contributed by atoms with Crippen molar-refractivity contribution in [2.45, 2.75) is 57.1 Å². The fourth-order valence-corrected chi connectivity index (χ4v) is 4.41. The molecule has 0 aliphatic carbocycles. The van der Waals surface area contributed by atoms with Gasteiger partial charge in [-0.15, -0.1) is 0 Å². The van der Waals surface area contributed by atoms with Crippen molar-refractivity contribution in [3.8, 4) is 0 Å². The standard InChI is InChI=1S/C22H32FN3O3/c1-17(27)24-20-7-12-25(13-8-20)16-22(29)9-2-11-26(14-10-22)21(28)15-18-3-5-19(23)6-4-18/h3-6,20,29H,2,7-16H2,1H3,(H,24,27)/t22-/m0/s1. The van der Waals surface area contributed by atoms with Crippen molar-refractivity contribution in [1.29, 1.82) is 0 Å². The number of β-amino-alcohol motifs (C(OH)–C–C–N with tert-alkyl or cyclic N) is 1. The second kappa shape index (κ2) is 9.67. The Kier molecular flexibility index (Phi) is 7.24. The number of hydrogen-bond donors (Lipinski definition) is 2. The summed E-state index contributed by atoms with van der Waals surface area (Å²) >= 11 is 0. The summed E-state index contributed by atoms with van der Waals surface area (Å²) in [4.78, 5) is 27.9. The van der Waals surface area contributed by atoms with Crippen LogP contribution in [0.3, 0.4) is 0 Å². The fraction of sp³-hybridized carbons (Fsp3) is 0.636. The van der Waals surface area contributed by atoms with Gasteiger partial charge in [-0.1, -0.05) is 12.1 Å². The summed E-state index contributed by atoms with van der Waals surface area (Å²) in [6.45, 7) is 5.07. The minimum absolute atomic E-state index is 0.0104. The normalized spacial score (nSPS) is 24.2. The van der Waals surface area contributed by atoms with Crippen molar-refractivity contribution in [1.82, 2.24) is 15.1 Å². The highest BCUT2D eigenvalue weighted by atomic mass is 19.1. The molecule has 2 N–H and O–H groups in total. The van der Waals surface area contributed by atoms with Gasteiger partial charge in [0.05, 0.1) is 12.0 Å². The number of nitrogens with one attached hydrogen (secondary N) is 1. The molecule has 2 aliphatic rings. The molecule has 2 amide bonds. The molecular formula is C22H32FN3O3. The summed E-state index contributed by atoms with van der Waals surface area (Å²) in [6.07, 6.45) is 4.08. The largest absolute Gasteiger partial charge is 0.388 e. The Hall–Kier alpha value is -1.99. The number of benzene rings is 1. The van der Waals surface area contributed by atoms with Crippen LogP contribution in [0.5, 0.6) is 0 Å². The van der Waals surface area contributed by atoms with Crippen LogP contribution in [0.1, 0.15) is 44.6 Å². The molecule has 29 heavy (non-hydrogen) atoms. The quantitative estimate of drug-likeness (QED) is 0.782. The van der Waals surface area contributed by atoms with Gasteiger partial charge in [-0.3, -0.25) is 9.59 Å². The second-order valence-electron chi connectivity index (χ2n) is 8.51. The van der Waals surface area contributed by atoms with E-state index < -0.39 is 5.60 Å². The number of rotatable bonds is 5. The maximum Gasteiger partial charge on any atom is 0.226 e. The van der Waals surface area contributed by atoms with Gasteiger partial charge >= 0.3 is 0 Å². The van der Waals surface area contributed by atoms with Crippen LogP contribution < -0.4 is 5.32 Å². The van der Waals surface area contributed by atoms with E-state index in [0.717, 1.165) is 37.9 Å². The Bertz CT molecular complexity index is 704. The van der Waals surface area contributed by atoms with Crippen LogP contribution in [0, 0.1) is 5.82 Å². The van der Waals surface area contributed by atoms with Gasteiger partial charge in [0.15, 0.2) is 0 Å². The van der Waals surface area contributed by atoms with Crippen LogP contribution >= 0.6 is 0 Å². The van der Waals surface area contributed by atoms with E-state index in [1.807, 2.05) is 4.90 Å². The molecule has 1 atom stereocenters. The van der Waals surface area contributed by atoms with Gasteiger partial charge in [0.25, 0.3) is 0 Å². The smallest absolute Gasteiger partial charge is 0.226 e. The molecule has 2 aliphatic heterocycles. The van der Waals surface area contributed by atoms with Crippen molar-refractivity contribution >= 4 is 11.8 Å². The zero-order valence-electron chi connectivity index (χ0n) is 17.2.